The van der Waals surface area contributed by atoms with E-state index in [1.807, 2.05) is 0 Å². The van der Waals surface area contributed by atoms with E-state index in [0.717, 1.165) is 50.2 Å². The van der Waals surface area contributed by atoms with Gasteiger partial charge in [-0.2, -0.15) is 0 Å². The van der Waals surface area contributed by atoms with Gasteiger partial charge in [-0.25, -0.2) is 0 Å². The molecule has 2 rings (SSSR count). The van der Waals surface area contributed by atoms with Gasteiger partial charge in [-0.15, -0.1) is 0 Å². The van der Waals surface area contributed by atoms with Crippen molar-refractivity contribution >= 4 is 35.3 Å². The third-order valence-electron chi connectivity index (χ3n) is 10.3. The highest BCUT2D eigenvalue weighted by atomic mass is 28.4. The van der Waals surface area contributed by atoms with Crippen molar-refractivity contribution in [3.63, 3.8) is 0 Å². The average molecular weight is 659 g/mol. The summed E-state index contributed by atoms with van der Waals surface area (Å²) in [6.07, 6.45) is 4.77. The first kappa shape index (κ1) is 39.1. The van der Waals surface area contributed by atoms with E-state index in [4.69, 9.17) is 13.3 Å². The van der Waals surface area contributed by atoms with Crippen LogP contribution in [0.1, 0.15) is 94.4 Å². The van der Waals surface area contributed by atoms with E-state index >= 15 is 0 Å². The summed E-state index contributed by atoms with van der Waals surface area (Å²) in [5.74, 6) is 0. The largest absolute Gasteiger partial charge is 0.414 e. The molecule has 2 aromatic carbocycles. The molecule has 0 fully saturated rings. The molecule has 0 bridgehead atoms. The van der Waals surface area contributed by atoms with E-state index in [9.17, 15) is 5.11 Å². The van der Waals surface area contributed by atoms with E-state index in [2.05, 4.69) is 136 Å². The molecule has 250 valence electrons. The second-order valence-corrected chi connectivity index (χ2v) is 29.0. The Morgan fingerprint density at radius 1 is 0.636 bits per heavy atom. The lowest BCUT2D eigenvalue weighted by Gasteiger charge is -2.44. The van der Waals surface area contributed by atoms with E-state index in [1.54, 1.807) is 0 Å². The topological polar surface area (TPSA) is 47.9 Å². The van der Waals surface area contributed by atoms with Gasteiger partial charge in [-0.05, 0) is 83.8 Å². The van der Waals surface area contributed by atoms with Gasteiger partial charge in [0.1, 0.15) is 0 Å². The zero-order chi connectivity index (χ0) is 33.1. The summed E-state index contributed by atoms with van der Waals surface area (Å²) in [5, 5.41) is 12.4. The van der Waals surface area contributed by atoms with Crippen LogP contribution in [-0.4, -0.2) is 55.5 Å². The van der Waals surface area contributed by atoms with Gasteiger partial charge in [0.05, 0.1) is 0 Å². The van der Waals surface area contributed by atoms with Crippen LogP contribution >= 0.6 is 0 Å². The van der Waals surface area contributed by atoms with Crippen molar-refractivity contribution in [3.8, 4) is 0 Å². The molecule has 0 aromatic heterocycles. The maximum absolute atomic E-state index is 9.67. The van der Waals surface area contributed by atoms with E-state index in [0.29, 0.717) is 6.61 Å². The average Bonchev–Trinajstić information content (AvgIpc) is 2.98. The number of rotatable bonds is 19. The normalized spacial score (nSPS) is 14.9. The van der Waals surface area contributed by atoms with Crippen LogP contribution in [0.3, 0.4) is 0 Å². The van der Waals surface area contributed by atoms with Gasteiger partial charge < -0.3 is 18.4 Å². The summed E-state index contributed by atoms with van der Waals surface area (Å²) in [6.45, 7) is 26.5. The monoisotopic (exact) mass is 658 g/mol. The third-order valence-corrected chi connectivity index (χ3v) is 24.6. The Bertz CT molecular complexity index is 1010. The molecule has 0 amide bonds. The van der Waals surface area contributed by atoms with Crippen molar-refractivity contribution in [2.75, 3.05) is 13.2 Å². The molecule has 0 heterocycles. The minimum atomic E-state index is -2.61. The Balaban J connectivity index is 2.39. The molecule has 0 aliphatic rings. The minimum Gasteiger partial charge on any atom is -0.414 e. The summed E-state index contributed by atoms with van der Waals surface area (Å²) in [5.41, 5.74) is 0. The van der Waals surface area contributed by atoms with E-state index < -0.39 is 25.0 Å². The second-order valence-electron chi connectivity index (χ2n) is 15.2. The molecule has 0 spiro atoms. The van der Waals surface area contributed by atoms with Crippen LogP contribution in [0.4, 0.5) is 0 Å². The Hall–Kier alpha value is -1.07. The highest BCUT2D eigenvalue weighted by molar-refractivity contribution is 6.99. The van der Waals surface area contributed by atoms with Gasteiger partial charge in [0.25, 0.3) is 8.32 Å². The van der Waals surface area contributed by atoms with Crippen LogP contribution < -0.4 is 10.4 Å². The molecular formula is C37H66O4Si3. The van der Waals surface area contributed by atoms with Crippen molar-refractivity contribution in [2.24, 2.45) is 0 Å². The molecular weight excluding hydrogens is 593 g/mol. The molecule has 4 nitrogen and oxygen atoms in total. The molecule has 1 N–H and O–H groups in total. The smallest absolute Gasteiger partial charge is 0.261 e. The van der Waals surface area contributed by atoms with Crippen molar-refractivity contribution in [1.82, 2.24) is 0 Å². The molecule has 2 aromatic rings. The lowest BCUT2D eigenvalue weighted by atomic mass is 10.0. The summed E-state index contributed by atoms with van der Waals surface area (Å²) < 4.78 is 21.5. The van der Waals surface area contributed by atoms with E-state index in [1.165, 1.54) is 10.4 Å². The van der Waals surface area contributed by atoms with Gasteiger partial charge in [-0.3, -0.25) is 0 Å². The van der Waals surface area contributed by atoms with Gasteiger partial charge >= 0.3 is 0 Å². The maximum Gasteiger partial charge on any atom is 0.261 e. The number of benzene rings is 2. The summed E-state index contributed by atoms with van der Waals surface area (Å²) in [7, 11) is -6.38. The highest BCUT2D eigenvalue weighted by Crippen LogP contribution is 2.40. The fourth-order valence-electron chi connectivity index (χ4n) is 6.27. The number of aliphatic hydroxyl groups is 1. The molecule has 2 atom stereocenters. The standard InChI is InChI=1S/C37H66O4Si3/c1-12-43(13-2,14-3)41-32(22-21-30-38)27-28-33(40-42(10,11)36(4,5)6)29-31-39-44(37(7,8)9,34-23-17-15-18-24-34)35-25-19-16-20-26-35/h15-20,23-26,32-33,38H,12-14,21-22,27-31H2,1-11H3. The van der Waals surface area contributed by atoms with Crippen molar-refractivity contribution in [3.05, 3.63) is 60.7 Å². The van der Waals surface area contributed by atoms with Crippen LogP contribution in [0.25, 0.3) is 0 Å². The first-order chi connectivity index (χ1) is 20.6. The molecule has 0 saturated carbocycles. The van der Waals surface area contributed by atoms with Gasteiger partial charge in [0.15, 0.2) is 16.6 Å². The first-order valence-corrected chi connectivity index (χ1v) is 24.7. The van der Waals surface area contributed by atoms with Gasteiger partial charge in [0.2, 0.25) is 0 Å². The van der Waals surface area contributed by atoms with Crippen molar-refractivity contribution in [1.29, 1.82) is 0 Å². The lowest BCUT2D eigenvalue weighted by Crippen LogP contribution is -2.66. The molecule has 44 heavy (non-hydrogen) atoms. The Labute approximate surface area is 274 Å². The second kappa shape index (κ2) is 17.2. The van der Waals surface area contributed by atoms with Crippen LogP contribution in [-0.2, 0) is 13.3 Å². The van der Waals surface area contributed by atoms with Crippen LogP contribution in [0.15, 0.2) is 60.7 Å². The van der Waals surface area contributed by atoms with Crippen LogP contribution in [0, 0.1) is 0 Å². The number of aliphatic hydroxyl groups excluding tert-OH is 1. The molecule has 0 aliphatic carbocycles. The molecule has 0 aliphatic heterocycles. The quantitative estimate of drug-likeness (QED) is 0.153. The first-order valence-electron chi connectivity index (χ1n) is 17.3. The number of hydrogen-bond donors (Lipinski definition) is 1. The Morgan fingerprint density at radius 2 is 1.09 bits per heavy atom. The highest BCUT2D eigenvalue weighted by Gasteiger charge is 2.50. The fourth-order valence-corrected chi connectivity index (χ4v) is 15.2. The summed E-state index contributed by atoms with van der Waals surface area (Å²) in [4.78, 5) is 0. The van der Waals surface area contributed by atoms with E-state index in [-0.39, 0.29) is 28.9 Å². The molecule has 7 heteroatoms. The SMILES string of the molecule is CC[Si](CC)(CC)OC(CCCO)CCC(CCO[Si](c1ccccc1)(c1ccccc1)C(C)(C)C)O[Si](C)(C)C(C)(C)C. The zero-order valence-electron chi connectivity index (χ0n) is 30.2. The van der Waals surface area contributed by atoms with Crippen LogP contribution in [0.2, 0.25) is 41.3 Å². The fraction of sp³-hybridized carbons (Fsp3) is 0.676. The predicted octanol–water partition coefficient (Wildman–Crippen LogP) is 9.29. The molecule has 0 radical (unpaired) electrons. The molecule has 0 saturated heterocycles. The summed E-state index contributed by atoms with van der Waals surface area (Å²) in [6, 6.07) is 25.3. The Kier molecular flexibility index (Phi) is 15.3. The Morgan fingerprint density at radius 3 is 1.48 bits per heavy atom. The molecule has 2 unspecified atom stereocenters. The zero-order valence-corrected chi connectivity index (χ0v) is 33.2. The minimum absolute atomic E-state index is 0.0524. The van der Waals surface area contributed by atoms with Crippen molar-refractivity contribution < 1.29 is 18.4 Å². The van der Waals surface area contributed by atoms with Gasteiger partial charge in [-0.1, -0.05) is 123 Å². The van der Waals surface area contributed by atoms with Crippen LogP contribution in [0.5, 0.6) is 0 Å². The number of hydrogen-bond acceptors (Lipinski definition) is 4. The summed E-state index contributed by atoms with van der Waals surface area (Å²) >= 11 is 0. The van der Waals surface area contributed by atoms with Crippen molar-refractivity contribution in [2.45, 2.75) is 148 Å². The predicted molar refractivity (Wildman–Crippen MR) is 198 cm³/mol. The third kappa shape index (κ3) is 10.2. The lowest BCUT2D eigenvalue weighted by molar-refractivity contribution is 0.0997. The maximum atomic E-state index is 9.67. The van der Waals surface area contributed by atoms with Gasteiger partial charge in [0, 0.05) is 25.4 Å².